The van der Waals surface area contributed by atoms with Crippen molar-refractivity contribution in [2.45, 2.75) is 20.3 Å². The smallest absolute Gasteiger partial charge is 0.0129 e. The van der Waals surface area contributed by atoms with Gasteiger partial charge in [-0.25, -0.2) is 0 Å². The van der Waals surface area contributed by atoms with Crippen molar-refractivity contribution in [3.05, 3.63) is 46.4 Å². The van der Waals surface area contributed by atoms with E-state index in [4.69, 9.17) is 0 Å². The molecule has 0 spiro atoms. The first kappa shape index (κ1) is 8.31. The molecule has 0 saturated heterocycles. The topological polar surface area (TPSA) is 0 Å². The molecule has 0 nitrogen and oxygen atoms in total. The summed E-state index contributed by atoms with van der Waals surface area (Å²) in [4.78, 5) is 0. The van der Waals surface area contributed by atoms with Gasteiger partial charge in [-0.1, -0.05) is 36.4 Å². The average Bonchev–Trinajstić information content (AvgIpc) is 2.29. The van der Waals surface area contributed by atoms with Gasteiger partial charge in [0, 0.05) is 0 Å². The normalized spacial score (nSPS) is 14.8. The Kier molecular flexibility index (Phi) is 2.05. The van der Waals surface area contributed by atoms with E-state index >= 15 is 0 Å². The lowest BCUT2D eigenvalue weighted by atomic mass is 10.1. The molecule has 1 aromatic carbocycles. The summed E-state index contributed by atoms with van der Waals surface area (Å²) in [5.74, 6) is 0. The molecule has 0 fully saturated rings. The zero-order chi connectivity index (χ0) is 9.26. The Morgan fingerprint density at radius 1 is 1.15 bits per heavy atom. The molecule has 1 aromatic rings. The molecule has 13 heavy (non-hydrogen) atoms. The molecule has 0 aromatic heterocycles. The average molecular weight is 170 g/mol. The van der Waals surface area contributed by atoms with E-state index in [9.17, 15) is 0 Å². The van der Waals surface area contributed by atoms with E-state index in [2.05, 4.69) is 50.3 Å². The quantitative estimate of drug-likeness (QED) is 0.558. The first-order chi connectivity index (χ1) is 6.29. The second kappa shape index (κ2) is 3.21. The predicted octanol–water partition coefficient (Wildman–Crippen LogP) is 1.91. The van der Waals surface area contributed by atoms with E-state index in [1.54, 1.807) is 0 Å². The van der Waals surface area contributed by atoms with Gasteiger partial charge in [-0.2, -0.15) is 0 Å². The molecule has 0 amide bonds. The van der Waals surface area contributed by atoms with Gasteiger partial charge in [-0.3, -0.25) is 0 Å². The minimum Gasteiger partial charge on any atom is -0.0804 e. The summed E-state index contributed by atoms with van der Waals surface area (Å²) in [5.41, 5.74) is 2.75. The van der Waals surface area contributed by atoms with Crippen LogP contribution >= 0.6 is 0 Å². The Labute approximate surface area is 78.9 Å². The molecule has 0 radical (unpaired) electrons. The van der Waals surface area contributed by atoms with Gasteiger partial charge in [0.05, 0.1) is 0 Å². The third-order valence-corrected chi connectivity index (χ3v) is 2.54. The third-order valence-electron chi connectivity index (χ3n) is 2.54. The van der Waals surface area contributed by atoms with Gasteiger partial charge in [0.25, 0.3) is 0 Å². The van der Waals surface area contributed by atoms with E-state index in [1.807, 2.05) is 0 Å². The number of fused-ring (bicyclic) bond motifs is 1. The first-order valence-corrected chi connectivity index (χ1v) is 4.72. The van der Waals surface area contributed by atoms with Crippen molar-refractivity contribution in [1.29, 1.82) is 0 Å². The van der Waals surface area contributed by atoms with Crippen LogP contribution in [0.3, 0.4) is 0 Å². The number of hydrogen-bond acceptors (Lipinski definition) is 0. The summed E-state index contributed by atoms with van der Waals surface area (Å²) in [5, 5.41) is 2.79. The van der Waals surface area contributed by atoms with Gasteiger partial charge < -0.3 is 0 Å². The highest BCUT2D eigenvalue weighted by Crippen LogP contribution is 1.99. The molecule has 0 bridgehead atoms. The van der Waals surface area contributed by atoms with Gasteiger partial charge in [0.1, 0.15) is 0 Å². The first-order valence-electron chi connectivity index (χ1n) is 4.72. The summed E-state index contributed by atoms with van der Waals surface area (Å²) in [6.07, 6.45) is 7.77. The van der Waals surface area contributed by atoms with Gasteiger partial charge >= 0.3 is 0 Å². The molecule has 2 rings (SSSR count). The van der Waals surface area contributed by atoms with Crippen LogP contribution in [0.5, 0.6) is 0 Å². The van der Waals surface area contributed by atoms with Crippen molar-refractivity contribution in [3.63, 3.8) is 0 Å². The summed E-state index contributed by atoms with van der Waals surface area (Å²) >= 11 is 0. The molecule has 0 heterocycles. The fraction of sp³-hybridized carbons (Fsp3) is 0.231. The highest BCUT2D eigenvalue weighted by molar-refractivity contribution is 5.58. The third kappa shape index (κ3) is 1.44. The summed E-state index contributed by atoms with van der Waals surface area (Å²) in [7, 11) is 0. The maximum absolute atomic E-state index is 2.29. The zero-order valence-electron chi connectivity index (χ0n) is 8.17. The highest BCUT2D eigenvalue weighted by Gasteiger charge is 1.96. The lowest BCUT2D eigenvalue weighted by Gasteiger charge is -1.98. The molecule has 0 atom stereocenters. The minimum absolute atomic E-state index is 1.05. The van der Waals surface area contributed by atoms with Crippen LogP contribution in [0.2, 0.25) is 0 Å². The molecule has 0 saturated carbocycles. The van der Waals surface area contributed by atoms with Crippen LogP contribution in [0.4, 0.5) is 0 Å². The fourth-order valence-electron chi connectivity index (χ4n) is 1.92. The lowest BCUT2D eigenvalue weighted by molar-refractivity contribution is 1.34. The SMILES string of the molecule is CC1=c2c(C)cccc2=CCC=C1. The summed E-state index contributed by atoms with van der Waals surface area (Å²) < 4.78 is 0. The number of rotatable bonds is 0. The Hall–Kier alpha value is -1.30. The van der Waals surface area contributed by atoms with Crippen LogP contribution in [0.25, 0.3) is 11.6 Å². The Morgan fingerprint density at radius 2 is 2.00 bits per heavy atom. The number of allylic oxidation sites excluding steroid dienone is 2. The number of aryl methyl sites for hydroxylation is 1. The predicted molar refractivity (Wildman–Crippen MR) is 57.7 cm³/mol. The van der Waals surface area contributed by atoms with Crippen molar-refractivity contribution in [3.8, 4) is 0 Å². The molecule has 66 valence electrons. The molecule has 0 aliphatic heterocycles. The molecule has 0 N–H and O–H groups in total. The van der Waals surface area contributed by atoms with Crippen LogP contribution in [-0.2, 0) is 0 Å². The molecule has 0 unspecified atom stereocenters. The Morgan fingerprint density at radius 3 is 2.85 bits per heavy atom. The fourth-order valence-corrected chi connectivity index (χ4v) is 1.92. The summed E-state index contributed by atoms with van der Waals surface area (Å²) in [6.45, 7) is 4.36. The highest BCUT2D eigenvalue weighted by atomic mass is 14.0. The van der Waals surface area contributed by atoms with Crippen LogP contribution in [0.1, 0.15) is 18.9 Å². The van der Waals surface area contributed by atoms with E-state index in [0.29, 0.717) is 0 Å². The molecule has 1 aliphatic rings. The largest absolute Gasteiger partial charge is 0.0804 e. The van der Waals surface area contributed by atoms with Crippen molar-refractivity contribution >= 4 is 11.6 Å². The summed E-state index contributed by atoms with van der Waals surface area (Å²) in [6, 6.07) is 6.50. The van der Waals surface area contributed by atoms with Crippen molar-refractivity contribution in [2.24, 2.45) is 0 Å². The Bertz CT molecular complexity index is 461. The second-order valence-electron chi connectivity index (χ2n) is 3.56. The lowest BCUT2D eigenvalue weighted by Crippen LogP contribution is -2.28. The van der Waals surface area contributed by atoms with Crippen molar-refractivity contribution < 1.29 is 0 Å². The zero-order valence-corrected chi connectivity index (χ0v) is 8.17. The van der Waals surface area contributed by atoms with Crippen LogP contribution < -0.4 is 10.4 Å². The maximum atomic E-state index is 2.29. The van der Waals surface area contributed by atoms with Crippen LogP contribution in [-0.4, -0.2) is 0 Å². The van der Waals surface area contributed by atoms with Gasteiger partial charge in [-0.15, -0.1) is 0 Å². The van der Waals surface area contributed by atoms with E-state index in [0.717, 1.165) is 6.42 Å². The van der Waals surface area contributed by atoms with Crippen molar-refractivity contribution in [2.75, 3.05) is 0 Å². The molecular formula is C13H14. The standard InChI is InChI=1S/C13H14/c1-10-6-3-4-8-12-9-5-7-11(2)13(10)12/h3,5-9H,4H2,1-2H3. The van der Waals surface area contributed by atoms with E-state index in [-0.39, 0.29) is 0 Å². The van der Waals surface area contributed by atoms with Gasteiger partial charge in [-0.05, 0) is 41.8 Å². The van der Waals surface area contributed by atoms with Crippen LogP contribution in [0, 0.1) is 6.92 Å². The van der Waals surface area contributed by atoms with Crippen molar-refractivity contribution in [1.82, 2.24) is 0 Å². The van der Waals surface area contributed by atoms with E-state index in [1.165, 1.54) is 21.6 Å². The van der Waals surface area contributed by atoms with Crippen LogP contribution in [0.15, 0.2) is 30.4 Å². The number of benzene rings is 1. The molecule has 0 heteroatoms. The molecule has 1 aliphatic carbocycles. The maximum Gasteiger partial charge on any atom is -0.0129 e. The van der Waals surface area contributed by atoms with E-state index < -0.39 is 0 Å². The van der Waals surface area contributed by atoms with Gasteiger partial charge in [0.15, 0.2) is 0 Å². The monoisotopic (exact) mass is 170 g/mol. The second-order valence-corrected chi connectivity index (χ2v) is 3.56. The Balaban J connectivity index is 2.96. The molecular weight excluding hydrogens is 156 g/mol. The van der Waals surface area contributed by atoms with Gasteiger partial charge in [0.2, 0.25) is 0 Å². The minimum atomic E-state index is 1.05. The number of hydrogen-bond donors (Lipinski definition) is 0.